The molecule has 0 aliphatic rings. The summed E-state index contributed by atoms with van der Waals surface area (Å²) in [5.74, 6) is -0.371. The summed E-state index contributed by atoms with van der Waals surface area (Å²) in [6.07, 6.45) is 50.1. The number of aliphatic hydroxyl groups is 4. The van der Waals surface area contributed by atoms with Crippen molar-refractivity contribution in [2.75, 3.05) is 118 Å². The van der Waals surface area contributed by atoms with E-state index in [1.54, 1.807) is 0 Å². The number of rotatable bonds is 71. The molecule has 4 amide bonds. The number of unbranched alkanes of at least 4 members (excludes halogenated alkanes) is 36. The zero-order valence-electron chi connectivity index (χ0n) is 58.2. The maximum atomic E-state index is 13.2. The summed E-state index contributed by atoms with van der Waals surface area (Å²) in [4.78, 5) is 60.8. The molecule has 0 heterocycles. The van der Waals surface area contributed by atoms with Gasteiger partial charge in [-0.25, -0.2) is 0 Å². The number of nitrogens with one attached hydrogen (secondary N) is 4. The third-order valence-electron chi connectivity index (χ3n) is 17.5. The van der Waals surface area contributed by atoms with Crippen molar-refractivity contribution >= 4 is 23.6 Å². The average Bonchev–Trinajstić information content (AvgIpc) is 3.62. The van der Waals surface area contributed by atoms with Crippen molar-refractivity contribution in [3.63, 3.8) is 0 Å². The van der Waals surface area contributed by atoms with Crippen LogP contribution in [0.15, 0.2) is 0 Å². The highest BCUT2D eigenvalue weighted by Crippen LogP contribution is 2.16. The van der Waals surface area contributed by atoms with Crippen molar-refractivity contribution < 1.29 is 39.6 Å². The summed E-state index contributed by atoms with van der Waals surface area (Å²) >= 11 is 0. The van der Waals surface area contributed by atoms with Crippen LogP contribution >= 0.6 is 0 Å². The van der Waals surface area contributed by atoms with E-state index in [9.17, 15) is 39.6 Å². The highest BCUT2D eigenvalue weighted by atomic mass is 16.3. The number of carbonyl (C=O) groups excluding carboxylic acids is 4. The predicted molar refractivity (Wildman–Crippen MR) is 370 cm³/mol. The van der Waals surface area contributed by atoms with E-state index in [0.717, 1.165) is 51.4 Å². The average molecular weight is 1250 g/mol. The molecule has 522 valence electrons. The lowest BCUT2D eigenvalue weighted by Gasteiger charge is -2.27. The van der Waals surface area contributed by atoms with Crippen LogP contribution in [0.25, 0.3) is 0 Å². The number of hydrogen-bond acceptors (Lipinski definition) is 12. The number of nitrogens with zero attached hydrogens (tertiary/aromatic N) is 4. The molecule has 0 rings (SSSR count). The zero-order valence-corrected chi connectivity index (χ0v) is 58.2. The Balaban J connectivity index is 5.18. The second-order valence-corrected chi connectivity index (χ2v) is 26.1. The van der Waals surface area contributed by atoms with Crippen LogP contribution in [0, 0.1) is 0 Å². The van der Waals surface area contributed by atoms with Crippen LogP contribution in [0.5, 0.6) is 0 Å². The van der Waals surface area contributed by atoms with Crippen LogP contribution in [-0.2, 0) is 19.2 Å². The van der Waals surface area contributed by atoms with E-state index in [0.29, 0.717) is 104 Å². The summed E-state index contributed by atoms with van der Waals surface area (Å²) in [5, 5.41) is 54.4. The summed E-state index contributed by atoms with van der Waals surface area (Å²) in [7, 11) is 0. The van der Waals surface area contributed by atoms with Gasteiger partial charge in [-0.1, -0.05) is 272 Å². The third kappa shape index (κ3) is 61.1. The highest BCUT2D eigenvalue weighted by molar-refractivity contribution is 5.78. The standard InChI is InChI=1S/C72H146N8O8/c1-5-9-13-17-21-25-29-33-37-41-45-67(83)63-79(65-71(87)73-49-43-39-35-31-27-23-19-15-11-7-3)55-51-75-69(85)47-53-77(59-61-81)57-58-78(60-62-82)54-48-70(86)76-52-56-80(64-68(84)46-42-38-34-30-26-22-18-14-10-6-2)66-72(88)74-50-44-40-36-32-28-24-20-16-12-8-4/h67-68,81-84H,5-66H2,1-4H3,(H,73,87)(H,74,88)(H,75,85)(H,76,86). The Bertz CT molecular complexity index is 1410. The van der Waals surface area contributed by atoms with E-state index in [2.05, 4.69) is 49.0 Å². The van der Waals surface area contributed by atoms with Crippen molar-refractivity contribution in [2.45, 2.75) is 322 Å². The molecule has 8 N–H and O–H groups in total. The zero-order chi connectivity index (χ0) is 64.4. The molecule has 0 aliphatic heterocycles. The van der Waals surface area contributed by atoms with Crippen LogP contribution in [0.4, 0.5) is 0 Å². The molecule has 0 aliphatic carbocycles. The Labute approximate surface area is 542 Å². The summed E-state index contributed by atoms with van der Waals surface area (Å²) in [6.45, 7) is 15.4. The Morgan fingerprint density at radius 1 is 0.284 bits per heavy atom. The van der Waals surface area contributed by atoms with Crippen molar-refractivity contribution in [2.24, 2.45) is 0 Å². The molecule has 16 heteroatoms. The minimum atomic E-state index is -0.550. The largest absolute Gasteiger partial charge is 0.395 e. The van der Waals surface area contributed by atoms with E-state index in [1.165, 1.54) is 205 Å². The van der Waals surface area contributed by atoms with Crippen LogP contribution in [0.3, 0.4) is 0 Å². The Hall–Kier alpha value is -2.44. The first-order valence-electron chi connectivity index (χ1n) is 37.5. The van der Waals surface area contributed by atoms with Crippen LogP contribution in [-0.4, -0.2) is 194 Å². The van der Waals surface area contributed by atoms with Crippen molar-refractivity contribution in [3.8, 4) is 0 Å². The summed E-state index contributed by atoms with van der Waals surface area (Å²) in [6, 6.07) is 0. The number of hydrogen-bond donors (Lipinski definition) is 8. The molecule has 0 saturated heterocycles. The van der Waals surface area contributed by atoms with Gasteiger partial charge >= 0.3 is 0 Å². The van der Waals surface area contributed by atoms with Crippen LogP contribution < -0.4 is 21.3 Å². The second-order valence-electron chi connectivity index (χ2n) is 26.1. The number of amides is 4. The fourth-order valence-electron chi connectivity index (χ4n) is 11.8. The molecule has 2 unspecified atom stereocenters. The van der Waals surface area contributed by atoms with Crippen LogP contribution in [0.2, 0.25) is 0 Å². The smallest absolute Gasteiger partial charge is 0.234 e. The van der Waals surface area contributed by atoms with Gasteiger partial charge in [-0.15, -0.1) is 0 Å². The van der Waals surface area contributed by atoms with Gasteiger partial charge in [-0.2, -0.15) is 0 Å². The van der Waals surface area contributed by atoms with Gasteiger partial charge in [0.1, 0.15) is 0 Å². The maximum absolute atomic E-state index is 13.2. The summed E-state index contributed by atoms with van der Waals surface area (Å²) in [5.41, 5.74) is 0. The lowest BCUT2D eigenvalue weighted by atomic mass is 10.0. The molecule has 16 nitrogen and oxygen atoms in total. The quantitative estimate of drug-likeness (QED) is 0.0268. The maximum Gasteiger partial charge on any atom is 0.234 e. The van der Waals surface area contributed by atoms with Crippen LogP contribution in [0.1, 0.15) is 310 Å². The van der Waals surface area contributed by atoms with Crippen molar-refractivity contribution in [1.29, 1.82) is 0 Å². The van der Waals surface area contributed by atoms with Crippen molar-refractivity contribution in [1.82, 2.24) is 40.9 Å². The lowest BCUT2D eigenvalue weighted by Crippen LogP contribution is -2.45. The van der Waals surface area contributed by atoms with Gasteiger partial charge in [0.2, 0.25) is 23.6 Å². The predicted octanol–water partition coefficient (Wildman–Crippen LogP) is 12.6. The normalized spacial score (nSPS) is 12.5. The molecular weight excluding hydrogens is 1100 g/mol. The fraction of sp³-hybridized carbons (Fsp3) is 0.944. The van der Waals surface area contributed by atoms with E-state index in [4.69, 9.17) is 0 Å². The minimum Gasteiger partial charge on any atom is -0.395 e. The number of carbonyl (C=O) groups is 4. The first-order valence-corrected chi connectivity index (χ1v) is 37.5. The first-order chi connectivity index (χ1) is 43.0. The van der Waals surface area contributed by atoms with Gasteiger partial charge < -0.3 is 41.7 Å². The third-order valence-corrected chi connectivity index (χ3v) is 17.5. The molecule has 0 bridgehead atoms. The van der Waals surface area contributed by atoms with E-state index >= 15 is 0 Å². The molecular formula is C72H146N8O8. The van der Waals surface area contributed by atoms with Crippen molar-refractivity contribution in [3.05, 3.63) is 0 Å². The van der Waals surface area contributed by atoms with Gasteiger partial charge in [0.15, 0.2) is 0 Å². The molecule has 0 aromatic rings. The molecule has 0 radical (unpaired) electrons. The topological polar surface area (TPSA) is 210 Å². The van der Waals surface area contributed by atoms with E-state index < -0.39 is 12.2 Å². The molecule has 0 saturated carbocycles. The first kappa shape index (κ1) is 85.6. The van der Waals surface area contributed by atoms with Gasteiger partial charge in [-0.3, -0.25) is 38.8 Å². The molecule has 0 aromatic heterocycles. The Kier molecular flexibility index (Phi) is 65.6. The van der Waals surface area contributed by atoms with Gasteiger partial charge in [0, 0.05) is 104 Å². The van der Waals surface area contributed by atoms with Gasteiger partial charge in [0.05, 0.1) is 38.5 Å². The molecule has 2 atom stereocenters. The monoisotopic (exact) mass is 1250 g/mol. The lowest BCUT2D eigenvalue weighted by molar-refractivity contribution is -0.124. The van der Waals surface area contributed by atoms with E-state index in [-0.39, 0.29) is 62.8 Å². The van der Waals surface area contributed by atoms with Gasteiger partial charge in [-0.05, 0) is 25.7 Å². The Morgan fingerprint density at radius 3 is 0.807 bits per heavy atom. The Morgan fingerprint density at radius 2 is 0.534 bits per heavy atom. The SMILES string of the molecule is CCCCCCCCCCCCNC(=O)CN(CCNC(=O)CCN(CCO)CCN(CCO)CCC(=O)NCCN(CC(=O)NCCCCCCCCCCCC)CC(O)CCCCCCCCCCCC)CC(O)CCCCCCCCCCCC. The fourth-order valence-corrected chi connectivity index (χ4v) is 11.8. The number of aliphatic hydroxyl groups excluding tert-OH is 4. The highest BCUT2D eigenvalue weighted by Gasteiger charge is 2.19. The molecule has 0 spiro atoms. The second kappa shape index (κ2) is 67.4. The molecule has 0 fully saturated rings. The molecule has 0 aromatic carbocycles. The minimum absolute atomic E-state index is 0.0561. The summed E-state index contributed by atoms with van der Waals surface area (Å²) < 4.78 is 0. The van der Waals surface area contributed by atoms with Gasteiger partial charge in [0.25, 0.3) is 0 Å². The molecule has 88 heavy (non-hydrogen) atoms. The van der Waals surface area contributed by atoms with E-state index in [1.807, 2.05) is 19.6 Å².